The van der Waals surface area contributed by atoms with E-state index in [9.17, 15) is 4.79 Å². The third-order valence-corrected chi connectivity index (χ3v) is 7.76. The normalized spacial score (nSPS) is 14.7. The second-order valence-corrected chi connectivity index (χ2v) is 9.70. The number of hydrogen-bond donors (Lipinski definition) is 1. The summed E-state index contributed by atoms with van der Waals surface area (Å²) in [4.78, 5) is 23.5. The molecule has 0 spiro atoms. The van der Waals surface area contributed by atoms with Gasteiger partial charge in [-0.2, -0.15) is 0 Å². The van der Waals surface area contributed by atoms with Gasteiger partial charge in [0.05, 0.1) is 16.5 Å². The van der Waals surface area contributed by atoms with E-state index in [0.29, 0.717) is 16.7 Å². The van der Waals surface area contributed by atoms with E-state index >= 15 is 0 Å². The molecule has 5 rings (SSSR count). The van der Waals surface area contributed by atoms with Crippen LogP contribution in [0.1, 0.15) is 36.8 Å². The number of aromatic nitrogens is 5. The number of para-hydroxylation sites is 1. The van der Waals surface area contributed by atoms with Crippen molar-refractivity contribution in [1.82, 2.24) is 24.7 Å². The number of aryl methyl sites for hydroxylation is 3. The molecule has 1 atom stereocenters. The van der Waals surface area contributed by atoms with Crippen LogP contribution < -0.4 is 5.32 Å². The number of thioether (sulfide) groups is 1. The summed E-state index contributed by atoms with van der Waals surface area (Å²) in [6.45, 7) is 1.99. The van der Waals surface area contributed by atoms with E-state index in [1.165, 1.54) is 29.5 Å². The average molecular weight is 439 g/mol. The lowest BCUT2D eigenvalue weighted by Crippen LogP contribution is -2.24. The lowest BCUT2D eigenvalue weighted by Gasteiger charge is -2.12. The van der Waals surface area contributed by atoms with Gasteiger partial charge in [-0.05, 0) is 38.2 Å². The summed E-state index contributed by atoms with van der Waals surface area (Å²) in [5, 5.41) is 13.6. The van der Waals surface area contributed by atoms with Gasteiger partial charge in [-0.15, -0.1) is 21.5 Å². The molecule has 3 heterocycles. The first-order valence-electron chi connectivity index (χ1n) is 10.2. The SMILES string of the molecule is CCC(Sc1nnc2c3ccccc3n(C)c2n1)C(=O)Nc1nc2c(s1)CCCC2. The molecular weight excluding hydrogens is 416 g/mol. The Labute approximate surface area is 182 Å². The first-order valence-corrected chi connectivity index (χ1v) is 11.9. The number of rotatable bonds is 5. The molecule has 1 amide bonds. The first kappa shape index (κ1) is 19.4. The summed E-state index contributed by atoms with van der Waals surface area (Å²) < 4.78 is 2.02. The molecule has 30 heavy (non-hydrogen) atoms. The van der Waals surface area contributed by atoms with Gasteiger partial charge < -0.3 is 9.88 Å². The van der Waals surface area contributed by atoms with Crippen LogP contribution in [0.5, 0.6) is 0 Å². The fraction of sp³-hybridized carbons (Fsp3) is 0.381. The monoisotopic (exact) mass is 438 g/mol. The van der Waals surface area contributed by atoms with Crippen molar-refractivity contribution in [1.29, 1.82) is 0 Å². The number of thiazole rings is 1. The van der Waals surface area contributed by atoms with Crippen LogP contribution >= 0.6 is 23.1 Å². The fourth-order valence-electron chi connectivity index (χ4n) is 3.88. The molecule has 7 nitrogen and oxygen atoms in total. The number of benzene rings is 1. The Morgan fingerprint density at radius 2 is 2.07 bits per heavy atom. The Hall–Kier alpha value is -2.52. The number of hydrogen-bond acceptors (Lipinski definition) is 7. The van der Waals surface area contributed by atoms with Gasteiger partial charge in [-0.1, -0.05) is 36.9 Å². The van der Waals surface area contributed by atoms with E-state index in [4.69, 9.17) is 4.98 Å². The second kappa shape index (κ2) is 7.96. The average Bonchev–Trinajstić information content (AvgIpc) is 3.30. The number of carbonyl (C=O) groups is 1. The lowest BCUT2D eigenvalue weighted by atomic mass is 10.0. The molecule has 3 aromatic heterocycles. The largest absolute Gasteiger partial charge is 0.327 e. The number of amides is 1. The van der Waals surface area contributed by atoms with Crippen molar-refractivity contribution in [2.75, 3.05) is 5.32 Å². The number of carbonyl (C=O) groups excluding carboxylic acids is 1. The van der Waals surface area contributed by atoms with Gasteiger partial charge in [0.2, 0.25) is 11.1 Å². The van der Waals surface area contributed by atoms with E-state index in [-0.39, 0.29) is 11.2 Å². The maximum Gasteiger partial charge on any atom is 0.239 e. The van der Waals surface area contributed by atoms with Crippen LogP contribution in [0, 0.1) is 0 Å². The van der Waals surface area contributed by atoms with Gasteiger partial charge in [-0.25, -0.2) is 9.97 Å². The summed E-state index contributed by atoms with van der Waals surface area (Å²) in [7, 11) is 1.97. The van der Waals surface area contributed by atoms with E-state index in [1.54, 1.807) is 11.3 Å². The van der Waals surface area contributed by atoms with E-state index < -0.39 is 0 Å². The molecular formula is C21H22N6OS2. The van der Waals surface area contributed by atoms with Crippen molar-refractivity contribution >= 4 is 56.2 Å². The van der Waals surface area contributed by atoms with Crippen molar-refractivity contribution in [3.8, 4) is 0 Å². The van der Waals surface area contributed by atoms with Crippen molar-refractivity contribution in [3.05, 3.63) is 34.8 Å². The predicted octanol–water partition coefficient (Wildman–Crippen LogP) is 4.36. The van der Waals surface area contributed by atoms with Crippen molar-refractivity contribution in [2.45, 2.75) is 49.4 Å². The van der Waals surface area contributed by atoms with Gasteiger partial charge >= 0.3 is 0 Å². The summed E-state index contributed by atoms with van der Waals surface area (Å²) in [6.07, 6.45) is 5.13. The highest BCUT2D eigenvalue weighted by molar-refractivity contribution is 8.00. The molecule has 154 valence electrons. The van der Waals surface area contributed by atoms with Gasteiger partial charge in [-0.3, -0.25) is 4.79 Å². The quantitative estimate of drug-likeness (QED) is 0.466. The highest BCUT2D eigenvalue weighted by atomic mass is 32.2. The van der Waals surface area contributed by atoms with Gasteiger partial charge in [0.25, 0.3) is 0 Å². The Morgan fingerprint density at radius 1 is 1.23 bits per heavy atom. The molecule has 1 N–H and O–H groups in total. The molecule has 0 saturated heterocycles. The highest BCUT2D eigenvalue weighted by Gasteiger charge is 2.23. The van der Waals surface area contributed by atoms with Crippen molar-refractivity contribution < 1.29 is 4.79 Å². The fourth-order valence-corrected chi connectivity index (χ4v) is 5.75. The standard InChI is InChI=1S/C21H22N6OS2/c1-3-15(19(28)24-20-22-13-9-5-7-11-16(13)30-20)29-21-23-18-17(25-26-21)12-8-4-6-10-14(12)27(18)2/h4,6,8,10,15H,3,5,7,9,11H2,1-2H3,(H,22,24,28). The molecule has 9 heteroatoms. The molecule has 0 bridgehead atoms. The number of nitrogens with zero attached hydrogens (tertiary/aromatic N) is 5. The number of nitrogens with one attached hydrogen (secondary N) is 1. The highest BCUT2D eigenvalue weighted by Crippen LogP contribution is 2.31. The maximum atomic E-state index is 12.9. The van der Waals surface area contributed by atoms with Crippen LogP contribution in [0.2, 0.25) is 0 Å². The summed E-state index contributed by atoms with van der Waals surface area (Å²) in [6, 6.07) is 8.05. The second-order valence-electron chi connectivity index (χ2n) is 7.44. The molecule has 0 fully saturated rings. The molecule has 0 saturated carbocycles. The van der Waals surface area contributed by atoms with Gasteiger partial charge in [0.1, 0.15) is 5.52 Å². The molecule has 0 aliphatic heterocycles. The summed E-state index contributed by atoms with van der Waals surface area (Å²) in [5.74, 6) is -0.0608. The first-order chi connectivity index (χ1) is 14.6. The minimum Gasteiger partial charge on any atom is -0.327 e. The van der Waals surface area contributed by atoms with Crippen LogP contribution in [0.15, 0.2) is 29.4 Å². The molecule has 4 aromatic rings. The molecule has 1 aliphatic rings. The van der Waals surface area contributed by atoms with E-state index in [0.717, 1.165) is 40.6 Å². The zero-order chi connectivity index (χ0) is 20.7. The zero-order valence-corrected chi connectivity index (χ0v) is 18.5. The van der Waals surface area contributed by atoms with Crippen LogP contribution in [0.4, 0.5) is 5.13 Å². The van der Waals surface area contributed by atoms with Gasteiger partial charge in [0, 0.05) is 17.3 Å². The molecule has 0 radical (unpaired) electrons. The predicted molar refractivity (Wildman–Crippen MR) is 121 cm³/mol. The number of fused-ring (bicyclic) bond motifs is 4. The summed E-state index contributed by atoms with van der Waals surface area (Å²) in [5.41, 5.74) is 3.77. The Bertz CT molecular complexity index is 1220. The maximum absolute atomic E-state index is 12.9. The van der Waals surface area contributed by atoms with E-state index in [2.05, 4.69) is 20.5 Å². The number of anilines is 1. The molecule has 1 aliphatic carbocycles. The van der Waals surface area contributed by atoms with Crippen LogP contribution in [-0.4, -0.2) is 35.9 Å². The lowest BCUT2D eigenvalue weighted by molar-refractivity contribution is -0.115. The minimum absolute atomic E-state index is 0.0608. The smallest absolute Gasteiger partial charge is 0.239 e. The third-order valence-electron chi connectivity index (χ3n) is 5.47. The molecule has 1 unspecified atom stereocenters. The third kappa shape index (κ3) is 3.45. The van der Waals surface area contributed by atoms with Gasteiger partial charge in [0.15, 0.2) is 10.8 Å². The topological polar surface area (TPSA) is 85.6 Å². The zero-order valence-electron chi connectivity index (χ0n) is 16.9. The van der Waals surface area contributed by atoms with Crippen molar-refractivity contribution in [3.63, 3.8) is 0 Å². The minimum atomic E-state index is -0.306. The Kier molecular flexibility index (Phi) is 5.16. The van der Waals surface area contributed by atoms with Crippen LogP contribution in [-0.2, 0) is 24.7 Å². The van der Waals surface area contributed by atoms with Crippen LogP contribution in [0.25, 0.3) is 22.1 Å². The molecule has 1 aromatic carbocycles. The Morgan fingerprint density at radius 3 is 2.90 bits per heavy atom. The summed E-state index contributed by atoms with van der Waals surface area (Å²) >= 11 is 2.96. The van der Waals surface area contributed by atoms with E-state index in [1.807, 2.05) is 42.8 Å². The Balaban J connectivity index is 1.37. The van der Waals surface area contributed by atoms with Crippen molar-refractivity contribution in [2.24, 2.45) is 7.05 Å². The van der Waals surface area contributed by atoms with Crippen LogP contribution in [0.3, 0.4) is 0 Å².